The van der Waals surface area contributed by atoms with E-state index in [0.29, 0.717) is 5.75 Å². The van der Waals surface area contributed by atoms with Crippen molar-refractivity contribution in [1.29, 1.82) is 0 Å². The maximum absolute atomic E-state index is 13.5. The number of rotatable bonds is 6. The number of carbonyl (C=O) groups excluding carboxylic acids is 3. The van der Waals surface area contributed by atoms with Crippen LogP contribution < -0.4 is 4.74 Å². The van der Waals surface area contributed by atoms with Crippen LogP contribution >= 0.6 is 0 Å². The predicted octanol–water partition coefficient (Wildman–Crippen LogP) is 4.90. The van der Waals surface area contributed by atoms with E-state index in [1.165, 1.54) is 4.90 Å². The lowest BCUT2D eigenvalue weighted by molar-refractivity contribution is -0.154. The van der Waals surface area contributed by atoms with Gasteiger partial charge in [0.2, 0.25) is 11.8 Å². The molecule has 2 saturated carbocycles. The maximum Gasteiger partial charge on any atom is 0.335 e. The van der Waals surface area contributed by atoms with Gasteiger partial charge in [-0.1, -0.05) is 72.8 Å². The molecule has 1 saturated heterocycles. The Hall–Kier alpha value is -3.73. The first-order valence-corrected chi connectivity index (χ1v) is 12.4. The lowest BCUT2D eigenvalue weighted by atomic mass is 9.81. The van der Waals surface area contributed by atoms with Gasteiger partial charge in [-0.15, -0.1) is 0 Å². The van der Waals surface area contributed by atoms with E-state index in [1.807, 2.05) is 72.8 Å². The van der Waals surface area contributed by atoms with Gasteiger partial charge in [0.15, 0.2) is 0 Å². The summed E-state index contributed by atoms with van der Waals surface area (Å²) in [4.78, 5) is 41.7. The lowest BCUT2D eigenvalue weighted by Crippen LogP contribution is -2.49. The van der Waals surface area contributed by atoms with E-state index >= 15 is 0 Å². The molecule has 3 aromatic rings. The third-order valence-electron chi connectivity index (χ3n) is 8.00. The minimum atomic E-state index is -0.976. The third kappa shape index (κ3) is 3.85. The van der Waals surface area contributed by atoms with Crippen molar-refractivity contribution in [1.82, 2.24) is 4.90 Å². The molecular formula is C30H27NO4. The molecule has 1 aliphatic heterocycles. The summed E-state index contributed by atoms with van der Waals surface area (Å²) in [7, 11) is 0. The fraction of sp³-hybridized carbons (Fsp3) is 0.300. The van der Waals surface area contributed by atoms with E-state index in [9.17, 15) is 14.4 Å². The molecular weight excluding hydrogens is 438 g/mol. The number of fused-ring (bicyclic) bond motifs is 5. The second kappa shape index (κ2) is 8.81. The second-order valence-corrected chi connectivity index (χ2v) is 9.95. The standard InChI is InChI=1S/C30H27NO4/c32-28-26-22-11-12-23(18-22)27(26)29(33)31(28)25(17-19-7-3-1-4-8-19)30(34)35-24-15-13-21(14-16-24)20-9-5-2-6-10-20/h1-10,13-16,22-23,25-27H,11-12,17-18H2/t22-,23-,25-,26+,27+/m0/s1. The summed E-state index contributed by atoms with van der Waals surface area (Å²) >= 11 is 0. The number of imide groups is 1. The number of esters is 1. The van der Waals surface area contributed by atoms with Crippen LogP contribution in [0.25, 0.3) is 11.1 Å². The van der Waals surface area contributed by atoms with Gasteiger partial charge in [-0.25, -0.2) is 4.79 Å². The van der Waals surface area contributed by atoms with E-state index in [-0.39, 0.29) is 41.9 Å². The molecule has 176 valence electrons. The Morgan fingerprint density at radius 2 is 1.31 bits per heavy atom. The van der Waals surface area contributed by atoms with Crippen molar-refractivity contribution in [3.63, 3.8) is 0 Å². The fourth-order valence-electron chi connectivity index (χ4n) is 6.39. The molecule has 2 bridgehead atoms. The molecule has 3 fully saturated rings. The van der Waals surface area contributed by atoms with Crippen LogP contribution in [0.5, 0.6) is 5.75 Å². The Kier molecular flexibility index (Phi) is 5.48. The van der Waals surface area contributed by atoms with Crippen molar-refractivity contribution in [2.75, 3.05) is 0 Å². The zero-order chi connectivity index (χ0) is 23.9. The van der Waals surface area contributed by atoms with Crippen LogP contribution in [-0.4, -0.2) is 28.7 Å². The summed E-state index contributed by atoms with van der Waals surface area (Å²) in [5.74, 6) is -0.554. The first kappa shape index (κ1) is 21.8. The Morgan fingerprint density at radius 1 is 0.771 bits per heavy atom. The van der Waals surface area contributed by atoms with Crippen molar-refractivity contribution in [3.05, 3.63) is 90.5 Å². The number of benzene rings is 3. The van der Waals surface area contributed by atoms with Crippen LogP contribution in [0.4, 0.5) is 0 Å². The highest BCUT2D eigenvalue weighted by Crippen LogP contribution is 2.56. The predicted molar refractivity (Wildman–Crippen MR) is 131 cm³/mol. The molecule has 5 heteroatoms. The van der Waals surface area contributed by atoms with Crippen molar-refractivity contribution in [2.24, 2.45) is 23.7 Å². The minimum Gasteiger partial charge on any atom is -0.425 e. The van der Waals surface area contributed by atoms with Crippen LogP contribution in [0.15, 0.2) is 84.9 Å². The van der Waals surface area contributed by atoms with Crippen LogP contribution in [0, 0.1) is 23.7 Å². The second-order valence-electron chi connectivity index (χ2n) is 9.95. The number of ether oxygens (including phenoxy) is 1. The molecule has 35 heavy (non-hydrogen) atoms. The zero-order valence-electron chi connectivity index (χ0n) is 19.4. The number of amides is 2. The van der Waals surface area contributed by atoms with Gasteiger partial charge in [0.1, 0.15) is 11.8 Å². The summed E-state index contributed by atoms with van der Waals surface area (Å²) in [6.07, 6.45) is 3.21. The Morgan fingerprint density at radius 3 is 1.91 bits per heavy atom. The van der Waals surface area contributed by atoms with Gasteiger partial charge in [0.25, 0.3) is 0 Å². The molecule has 5 atom stereocenters. The molecule has 5 nitrogen and oxygen atoms in total. The van der Waals surface area contributed by atoms with Gasteiger partial charge in [0, 0.05) is 6.42 Å². The van der Waals surface area contributed by atoms with E-state index in [2.05, 4.69) is 0 Å². The number of hydrogen-bond acceptors (Lipinski definition) is 4. The van der Waals surface area contributed by atoms with Gasteiger partial charge in [0.05, 0.1) is 11.8 Å². The summed E-state index contributed by atoms with van der Waals surface area (Å²) in [5.41, 5.74) is 2.97. The molecule has 0 spiro atoms. The van der Waals surface area contributed by atoms with Crippen molar-refractivity contribution in [3.8, 4) is 16.9 Å². The van der Waals surface area contributed by atoms with E-state index in [1.54, 1.807) is 12.1 Å². The molecule has 0 N–H and O–H groups in total. The molecule has 0 radical (unpaired) electrons. The normalized spacial score (nSPS) is 25.5. The Bertz CT molecular complexity index is 1230. The van der Waals surface area contributed by atoms with Gasteiger partial charge in [-0.05, 0) is 59.9 Å². The molecule has 6 rings (SSSR count). The molecule has 0 aromatic heterocycles. The van der Waals surface area contributed by atoms with Gasteiger partial charge in [-0.3, -0.25) is 14.5 Å². The van der Waals surface area contributed by atoms with Crippen LogP contribution in [0.2, 0.25) is 0 Å². The zero-order valence-corrected chi connectivity index (χ0v) is 19.4. The molecule has 1 heterocycles. The first-order chi connectivity index (χ1) is 17.1. The number of hydrogen-bond donors (Lipinski definition) is 0. The maximum atomic E-state index is 13.5. The SMILES string of the molecule is O=C(Oc1ccc(-c2ccccc2)cc1)[C@H](Cc1ccccc1)N1C(=O)[C@@H]2[C@H]3CC[C@@H](C3)[C@H]2C1=O. The van der Waals surface area contributed by atoms with E-state index in [0.717, 1.165) is 36.0 Å². The number of nitrogens with zero attached hydrogens (tertiary/aromatic N) is 1. The Labute approximate surface area is 204 Å². The average molecular weight is 466 g/mol. The minimum absolute atomic E-state index is 0.190. The fourth-order valence-corrected chi connectivity index (χ4v) is 6.39. The van der Waals surface area contributed by atoms with E-state index < -0.39 is 12.0 Å². The van der Waals surface area contributed by atoms with Crippen LogP contribution in [-0.2, 0) is 20.8 Å². The lowest BCUT2D eigenvalue weighted by Gasteiger charge is -2.26. The molecule has 2 aliphatic carbocycles. The van der Waals surface area contributed by atoms with Gasteiger partial charge in [-0.2, -0.15) is 0 Å². The average Bonchev–Trinajstić information content (AvgIpc) is 3.58. The van der Waals surface area contributed by atoms with E-state index in [4.69, 9.17) is 4.74 Å². The smallest absolute Gasteiger partial charge is 0.335 e. The molecule has 3 aliphatic rings. The van der Waals surface area contributed by atoms with Gasteiger partial charge < -0.3 is 4.74 Å². The molecule has 0 unspecified atom stereocenters. The van der Waals surface area contributed by atoms with Gasteiger partial charge >= 0.3 is 5.97 Å². The monoisotopic (exact) mass is 465 g/mol. The summed E-state index contributed by atoms with van der Waals surface area (Å²) in [5, 5.41) is 0. The summed E-state index contributed by atoms with van der Waals surface area (Å²) in [6, 6.07) is 25.8. The number of carbonyl (C=O) groups is 3. The highest BCUT2D eigenvalue weighted by atomic mass is 16.5. The van der Waals surface area contributed by atoms with Crippen molar-refractivity contribution >= 4 is 17.8 Å². The summed E-state index contributed by atoms with van der Waals surface area (Å²) < 4.78 is 5.76. The quantitative estimate of drug-likeness (QED) is 0.295. The highest BCUT2D eigenvalue weighted by Gasteiger charge is 2.62. The van der Waals surface area contributed by atoms with Crippen molar-refractivity contribution < 1.29 is 19.1 Å². The topological polar surface area (TPSA) is 63.7 Å². The van der Waals surface area contributed by atoms with Crippen LogP contribution in [0.1, 0.15) is 24.8 Å². The summed E-state index contributed by atoms with van der Waals surface area (Å²) in [6.45, 7) is 0. The Balaban J connectivity index is 1.26. The number of likely N-dealkylation sites (tertiary alicyclic amines) is 1. The largest absolute Gasteiger partial charge is 0.425 e. The molecule has 3 aromatic carbocycles. The van der Waals surface area contributed by atoms with Crippen LogP contribution in [0.3, 0.4) is 0 Å². The van der Waals surface area contributed by atoms with Crippen molar-refractivity contribution in [2.45, 2.75) is 31.7 Å². The third-order valence-corrected chi connectivity index (χ3v) is 8.00. The highest BCUT2D eigenvalue weighted by molar-refractivity contribution is 6.08. The molecule has 2 amide bonds. The first-order valence-electron chi connectivity index (χ1n) is 12.4.